The number of rotatable bonds is 2. The van der Waals surface area contributed by atoms with Crippen LogP contribution in [0.25, 0.3) is 0 Å². The van der Waals surface area contributed by atoms with Crippen molar-refractivity contribution in [3.8, 4) is 0 Å². The van der Waals surface area contributed by atoms with Gasteiger partial charge in [-0.2, -0.15) is 0 Å². The van der Waals surface area contributed by atoms with Crippen molar-refractivity contribution >= 4 is 11.7 Å². The Morgan fingerprint density at radius 3 is 2.79 bits per heavy atom. The molecule has 5 heteroatoms. The highest BCUT2D eigenvalue weighted by Gasteiger charge is 2.27. The maximum atomic E-state index is 13.5. The van der Waals surface area contributed by atoms with Crippen LogP contribution in [-0.2, 0) is 0 Å². The number of pyridine rings is 1. The lowest BCUT2D eigenvalue weighted by molar-refractivity contribution is 0.189. The molecule has 0 saturated carbocycles. The van der Waals surface area contributed by atoms with Crippen molar-refractivity contribution in [2.75, 3.05) is 11.9 Å². The average molecular weight is 327 g/mol. The number of benzene rings is 1. The van der Waals surface area contributed by atoms with Crippen LogP contribution >= 0.6 is 0 Å². The summed E-state index contributed by atoms with van der Waals surface area (Å²) in [5.41, 5.74) is 2.47. The van der Waals surface area contributed by atoms with Crippen LogP contribution in [0.5, 0.6) is 0 Å². The van der Waals surface area contributed by atoms with Gasteiger partial charge in [0.1, 0.15) is 5.82 Å². The molecule has 1 N–H and O–H groups in total. The van der Waals surface area contributed by atoms with Crippen LogP contribution in [0.1, 0.15) is 42.9 Å². The normalized spacial score (nSPS) is 18.1. The summed E-state index contributed by atoms with van der Waals surface area (Å²) in [5.74, 6) is -0.350. The van der Waals surface area contributed by atoms with Gasteiger partial charge in [0.2, 0.25) is 0 Å². The predicted octanol–water partition coefficient (Wildman–Crippen LogP) is 4.68. The maximum Gasteiger partial charge on any atom is 0.322 e. The van der Waals surface area contributed by atoms with Gasteiger partial charge in [-0.15, -0.1) is 0 Å². The van der Waals surface area contributed by atoms with E-state index in [-0.39, 0.29) is 17.9 Å². The number of urea groups is 1. The Morgan fingerprint density at radius 2 is 2.00 bits per heavy atom. The first kappa shape index (κ1) is 16.4. The number of nitrogens with zero attached hydrogens (tertiary/aromatic N) is 2. The maximum absolute atomic E-state index is 13.5. The number of halogens is 1. The van der Waals surface area contributed by atoms with Crippen LogP contribution in [0.3, 0.4) is 0 Å². The lowest BCUT2D eigenvalue weighted by Crippen LogP contribution is -2.38. The summed E-state index contributed by atoms with van der Waals surface area (Å²) in [6.07, 6.45) is 7.64. The molecule has 4 nitrogen and oxygen atoms in total. The summed E-state index contributed by atoms with van der Waals surface area (Å²) < 4.78 is 13.5. The van der Waals surface area contributed by atoms with Gasteiger partial charge in [0, 0.05) is 24.6 Å². The van der Waals surface area contributed by atoms with Crippen molar-refractivity contribution in [3.05, 3.63) is 59.7 Å². The zero-order chi connectivity index (χ0) is 16.9. The van der Waals surface area contributed by atoms with E-state index in [4.69, 9.17) is 0 Å². The van der Waals surface area contributed by atoms with Gasteiger partial charge in [0.25, 0.3) is 0 Å². The summed E-state index contributed by atoms with van der Waals surface area (Å²) >= 11 is 0. The molecule has 1 aliphatic heterocycles. The van der Waals surface area contributed by atoms with Gasteiger partial charge in [-0.3, -0.25) is 4.98 Å². The van der Waals surface area contributed by atoms with Crippen LogP contribution in [-0.4, -0.2) is 22.5 Å². The van der Waals surface area contributed by atoms with Crippen molar-refractivity contribution in [1.82, 2.24) is 9.88 Å². The molecule has 1 aromatic carbocycles. The fourth-order valence-corrected chi connectivity index (χ4v) is 3.20. The number of aryl methyl sites for hydroxylation is 1. The summed E-state index contributed by atoms with van der Waals surface area (Å²) in [4.78, 5) is 18.8. The van der Waals surface area contributed by atoms with E-state index in [9.17, 15) is 9.18 Å². The van der Waals surface area contributed by atoms with Gasteiger partial charge < -0.3 is 10.2 Å². The van der Waals surface area contributed by atoms with Crippen molar-refractivity contribution < 1.29 is 9.18 Å². The molecule has 1 fully saturated rings. The number of likely N-dealkylation sites (tertiary alicyclic amines) is 1. The third-order valence-corrected chi connectivity index (χ3v) is 4.55. The van der Waals surface area contributed by atoms with Crippen molar-refractivity contribution in [3.63, 3.8) is 0 Å². The molecule has 0 spiro atoms. The highest BCUT2D eigenvalue weighted by Crippen LogP contribution is 2.30. The summed E-state index contributed by atoms with van der Waals surface area (Å²) in [6.45, 7) is 2.56. The average Bonchev–Trinajstić information content (AvgIpc) is 2.85. The highest BCUT2D eigenvalue weighted by atomic mass is 19.1. The largest absolute Gasteiger partial charge is 0.322 e. The van der Waals surface area contributed by atoms with Crippen LogP contribution < -0.4 is 5.32 Å². The molecule has 1 saturated heterocycles. The van der Waals surface area contributed by atoms with Gasteiger partial charge in [-0.25, -0.2) is 9.18 Å². The fourth-order valence-electron chi connectivity index (χ4n) is 3.20. The molecule has 1 atom stereocenters. The van der Waals surface area contributed by atoms with Crippen LogP contribution in [0.15, 0.2) is 42.7 Å². The Balaban J connectivity index is 1.83. The summed E-state index contributed by atoms with van der Waals surface area (Å²) in [7, 11) is 0. The molecule has 24 heavy (non-hydrogen) atoms. The number of aromatic nitrogens is 1. The SMILES string of the molecule is Cc1ccc(F)cc1NC(=O)N1CCCCCC1c1ccncc1. The summed E-state index contributed by atoms with van der Waals surface area (Å²) in [6, 6.07) is 8.22. The van der Waals surface area contributed by atoms with Gasteiger partial charge >= 0.3 is 6.03 Å². The number of hydrogen-bond donors (Lipinski definition) is 1. The molecule has 0 bridgehead atoms. The van der Waals surface area contributed by atoms with Crippen molar-refractivity contribution in [1.29, 1.82) is 0 Å². The Hall–Kier alpha value is -2.43. The van der Waals surface area contributed by atoms with Crippen LogP contribution in [0.2, 0.25) is 0 Å². The van der Waals surface area contributed by atoms with E-state index in [1.807, 2.05) is 24.0 Å². The van der Waals surface area contributed by atoms with Gasteiger partial charge in [-0.05, 0) is 55.2 Å². The first-order valence-corrected chi connectivity index (χ1v) is 8.39. The molecule has 1 unspecified atom stereocenters. The quantitative estimate of drug-likeness (QED) is 0.870. The minimum Gasteiger partial charge on any atom is -0.317 e. The fraction of sp³-hybridized carbons (Fsp3) is 0.368. The summed E-state index contributed by atoms with van der Waals surface area (Å²) in [5, 5.41) is 2.88. The van der Waals surface area contributed by atoms with E-state index < -0.39 is 0 Å². The topological polar surface area (TPSA) is 45.2 Å². The Labute approximate surface area is 141 Å². The molecule has 3 rings (SSSR count). The Morgan fingerprint density at radius 1 is 1.21 bits per heavy atom. The minimum atomic E-state index is -0.350. The lowest BCUT2D eigenvalue weighted by atomic mass is 10.0. The number of carbonyl (C=O) groups excluding carboxylic acids is 1. The predicted molar refractivity (Wildman–Crippen MR) is 92.3 cm³/mol. The van der Waals surface area contributed by atoms with E-state index in [0.29, 0.717) is 12.2 Å². The third kappa shape index (κ3) is 3.72. The molecule has 2 amide bonds. The first-order valence-electron chi connectivity index (χ1n) is 8.39. The monoisotopic (exact) mass is 327 g/mol. The second kappa shape index (κ2) is 7.43. The van der Waals surface area contributed by atoms with E-state index >= 15 is 0 Å². The number of hydrogen-bond acceptors (Lipinski definition) is 2. The molecule has 2 aromatic rings. The van der Waals surface area contributed by atoms with Crippen LogP contribution in [0.4, 0.5) is 14.9 Å². The molecule has 126 valence electrons. The van der Waals surface area contributed by atoms with E-state index in [0.717, 1.165) is 36.8 Å². The molecular weight excluding hydrogens is 305 g/mol. The number of nitrogens with one attached hydrogen (secondary N) is 1. The Bertz CT molecular complexity index is 705. The molecule has 1 aliphatic rings. The minimum absolute atomic E-state index is 0.0318. The molecular formula is C19H22FN3O. The van der Waals surface area contributed by atoms with Gasteiger partial charge in [0.05, 0.1) is 6.04 Å². The second-order valence-corrected chi connectivity index (χ2v) is 6.23. The van der Waals surface area contributed by atoms with Crippen LogP contribution in [0, 0.1) is 12.7 Å². The number of carbonyl (C=O) groups is 1. The highest BCUT2D eigenvalue weighted by molar-refractivity contribution is 5.90. The smallest absolute Gasteiger partial charge is 0.317 e. The second-order valence-electron chi connectivity index (χ2n) is 6.23. The molecule has 2 heterocycles. The van der Waals surface area contributed by atoms with Gasteiger partial charge in [-0.1, -0.05) is 18.9 Å². The standard InChI is InChI=1S/C19H22FN3O/c1-14-6-7-16(20)13-17(14)22-19(24)23-12-4-2-3-5-18(23)15-8-10-21-11-9-15/h6-11,13,18H,2-5,12H2,1H3,(H,22,24). The van der Waals surface area contributed by atoms with Crippen molar-refractivity contribution in [2.45, 2.75) is 38.6 Å². The van der Waals surface area contributed by atoms with E-state index in [1.165, 1.54) is 12.1 Å². The number of amides is 2. The first-order chi connectivity index (χ1) is 11.6. The third-order valence-electron chi connectivity index (χ3n) is 4.55. The molecule has 0 radical (unpaired) electrons. The van der Waals surface area contributed by atoms with E-state index in [1.54, 1.807) is 18.5 Å². The molecule has 0 aliphatic carbocycles. The lowest BCUT2D eigenvalue weighted by Gasteiger charge is -2.30. The Kier molecular flexibility index (Phi) is 5.08. The van der Waals surface area contributed by atoms with Crippen molar-refractivity contribution in [2.24, 2.45) is 0 Å². The number of anilines is 1. The van der Waals surface area contributed by atoms with Gasteiger partial charge in [0.15, 0.2) is 0 Å². The molecule has 1 aromatic heterocycles. The van der Waals surface area contributed by atoms with E-state index in [2.05, 4.69) is 10.3 Å². The zero-order valence-corrected chi connectivity index (χ0v) is 13.8. The zero-order valence-electron chi connectivity index (χ0n) is 13.8.